The summed E-state index contributed by atoms with van der Waals surface area (Å²) in [6.45, 7) is 0. The van der Waals surface area contributed by atoms with Crippen molar-refractivity contribution in [3.05, 3.63) is 76.5 Å². The number of amides is 1. The highest BCUT2D eigenvalue weighted by Gasteiger charge is 2.10. The molecule has 0 fully saturated rings. The maximum absolute atomic E-state index is 12.4. The highest BCUT2D eigenvalue weighted by molar-refractivity contribution is 6.43. The van der Waals surface area contributed by atoms with Crippen LogP contribution in [0, 0.1) is 0 Å². The molecular formula is C19H15Cl2N3O2. The fourth-order valence-corrected chi connectivity index (χ4v) is 2.61. The average Bonchev–Trinajstić information content (AvgIpc) is 2.66. The number of anilines is 3. The van der Waals surface area contributed by atoms with Crippen LogP contribution in [-0.2, 0) is 0 Å². The van der Waals surface area contributed by atoms with Crippen LogP contribution < -0.4 is 15.4 Å². The number of aromatic nitrogens is 1. The second kappa shape index (κ2) is 8.08. The molecule has 0 aliphatic carbocycles. The third-order valence-electron chi connectivity index (χ3n) is 3.57. The number of benzene rings is 2. The molecule has 0 aliphatic heterocycles. The highest BCUT2D eigenvalue weighted by Crippen LogP contribution is 2.31. The number of hydrogen-bond acceptors (Lipinski definition) is 4. The van der Waals surface area contributed by atoms with Gasteiger partial charge < -0.3 is 15.4 Å². The molecular weight excluding hydrogens is 373 g/mol. The summed E-state index contributed by atoms with van der Waals surface area (Å²) in [5, 5.41) is 6.78. The summed E-state index contributed by atoms with van der Waals surface area (Å²) >= 11 is 12.2. The largest absolute Gasteiger partial charge is 0.497 e. The monoisotopic (exact) mass is 387 g/mol. The topological polar surface area (TPSA) is 63.2 Å². The molecule has 5 nitrogen and oxygen atoms in total. The molecule has 1 heterocycles. The Labute approximate surface area is 160 Å². The minimum atomic E-state index is -0.323. The van der Waals surface area contributed by atoms with E-state index in [2.05, 4.69) is 15.6 Å². The number of hydrogen-bond donors (Lipinski definition) is 2. The van der Waals surface area contributed by atoms with Gasteiger partial charge in [0.05, 0.1) is 22.8 Å². The number of ether oxygens (including phenoxy) is 1. The number of carbonyl (C=O) groups is 1. The van der Waals surface area contributed by atoms with Gasteiger partial charge in [0, 0.05) is 17.6 Å². The molecule has 0 saturated heterocycles. The van der Waals surface area contributed by atoms with Crippen LogP contribution in [0.1, 0.15) is 10.5 Å². The minimum Gasteiger partial charge on any atom is -0.497 e. The van der Waals surface area contributed by atoms with Crippen molar-refractivity contribution in [2.45, 2.75) is 0 Å². The first-order chi connectivity index (χ1) is 12.6. The van der Waals surface area contributed by atoms with E-state index in [9.17, 15) is 4.79 Å². The Kier molecular flexibility index (Phi) is 5.61. The van der Waals surface area contributed by atoms with Crippen LogP contribution in [0.2, 0.25) is 10.0 Å². The van der Waals surface area contributed by atoms with Crippen molar-refractivity contribution >= 4 is 46.2 Å². The third kappa shape index (κ3) is 4.25. The molecule has 26 heavy (non-hydrogen) atoms. The first-order valence-corrected chi connectivity index (χ1v) is 8.45. The smallest absolute Gasteiger partial charge is 0.274 e. The van der Waals surface area contributed by atoms with E-state index in [0.29, 0.717) is 32.9 Å². The van der Waals surface area contributed by atoms with Crippen molar-refractivity contribution in [1.29, 1.82) is 0 Å². The van der Waals surface area contributed by atoms with Crippen molar-refractivity contribution in [2.24, 2.45) is 0 Å². The molecule has 2 aromatic carbocycles. The van der Waals surface area contributed by atoms with E-state index in [0.717, 1.165) is 0 Å². The Bertz CT molecular complexity index is 930. The van der Waals surface area contributed by atoms with Crippen molar-refractivity contribution in [1.82, 2.24) is 4.98 Å². The lowest BCUT2D eigenvalue weighted by molar-refractivity contribution is 0.102. The van der Waals surface area contributed by atoms with E-state index in [1.54, 1.807) is 67.9 Å². The van der Waals surface area contributed by atoms with Crippen molar-refractivity contribution in [3.63, 3.8) is 0 Å². The molecule has 1 amide bonds. The summed E-state index contributed by atoms with van der Waals surface area (Å²) < 4.78 is 5.10. The number of pyridine rings is 1. The van der Waals surface area contributed by atoms with Gasteiger partial charge in [-0.15, -0.1) is 0 Å². The molecule has 0 atom stereocenters. The predicted molar refractivity (Wildman–Crippen MR) is 105 cm³/mol. The Hall–Kier alpha value is -2.76. The third-order valence-corrected chi connectivity index (χ3v) is 4.39. The van der Waals surface area contributed by atoms with Gasteiger partial charge in [-0.1, -0.05) is 29.3 Å². The van der Waals surface area contributed by atoms with Crippen LogP contribution in [0.15, 0.2) is 60.8 Å². The van der Waals surface area contributed by atoms with E-state index >= 15 is 0 Å². The van der Waals surface area contributed by atoms with E-state index in [1.165, 1.54) is 0 Å². The van der Waals surface area contributed by atoms with Crippen LogP contribution in [0.5, 0.6) is 5.75 Å². The quantitative estimate of drug-likeness (QED) is 0.615. The lowest BCUT2D eigenvalue weighted by atomic mass is 10.2. The highest BCUT2D eigenvalue weighted by atomic mass is 35.5. The number of rotatable bonds is 5. The van der Waals surface area contributed by atoms with Gasteiger partial charge in [-0.05, 0) is 48.5 Å². The van der Waals surface area contributed by atoms with Crippen LogP contribution in [0.4, 0.5) is 17.1 Å². The molecule has 0 bridgehead atoms. The van der Waals surface area contributed by atoms with Gasteiger partial charge in [0.2, 0.25) is 0 Å². The van der Waals surface area contributed by atoms with Crippen molar-refractivity contribution in [3.8, 4) is 5.75 Å². The number of nitrogens with one attached hydrogen (secondary N) is 2. The molecule has 3 aromatic rings. The SMILES string of the molecule is COc1ccc(NC(=O)c2cc(Nc3cccc(Cl)c3Cl)ccn2)cc1. The number of nitrogens with zero attached hydrogens (tertiary/aromatic N) is 1. The molecule has 2 N–H and O–H groups in total. The second-order valence-corrected chi connectivity index (χ2v) is 6.12. The molecule has 7 heteroatoms. The minimum absolute atomic E-state index is 0.268. The summed E-state index contributed by atoms with van der Waals surface area (Å²) in [6.07, 6.45) is 1.55. The average molecular weight is 388 g/mol. The van der Waals surface area contributed by atoms with Gasteiger partial charge in [0.25, 0.3) is 5.91 Å². The van der Waals surface area contributed by atoms with Gasteiger partial charge in [0.1, 0.15) is 11.4 Å². The normalized spacial score (nSPS) is 10.3. The van der Waals surface area contributed by atoms with Crippen molar-refractivity contribution in [2.75, 3.05) is 17.7 Å². The van der Waals surface area contributed by atoms with E-state index < -0.39 is 0 Å². The van der Waals surface area contributed by atoms with Crippen LogP contribution in [0.25, 0.3) is 0 Å². The van der Waals surface area contributed by atoms with Gasteiger partial charge in [-0.3, -0.25) is 9.78 Å². The number of methoxy groups -OCH3 is 1. The fourth-order valence-electron chi connectivity index (χ4n) is 2.26. The first-order valence-electron chi connectivity index (χ1n) is 7.69. The van der Waals surface area contributed by atoms with E-state index in [1.807, 2.05) is 0 Å². The molecule has 0 saturated carbocycles. The summed E-state index contributed by atoms with van der Waals surface area (Å²) in [6, 6.07) is 15.7. The summed E-state index contributed by atoms with van der Waals surface area (Å²) in [5.41, 5.74) is 2.23. The fraction of sp³-hybridized carbons (Fsp3) is 0.0526. The maximum Gasteiger partial charge on any atom is 0.274 e. The van der Waals surface area contributed by atoms with Gasteiger partial charge in [-0.2, -0.15) is 0 Å². The van der Waals surface area contributed by atoms with Crippen LogP contribution in [-0.4, -0.2) is 18.0 Å². The number of halogens is 2. The van der Waals surface area contributed by atoms with Crippen LogP contribution in [0.3, 0.4) is 0 Å². The van der Waals surface area contributed by atoms with E-state index in [4.69, 9.17) is 27.9 Å². The molecule has 0 radical (unpaired) electrons. The molecule has 0 aliphatic rings. The lowest BCUT2D eigenvalue weighted by Gasteiger charge is -2.10. The molecule has 1 aromatic heterocycles. The second-order valence-electron chi connectivity index (χ2n) is 5.34. The Balaban J connectivity index is 1.75. The Morgan fingerprint density at radius 1 is 1.04 bits per heavy atom. The van der Waals surface area contributed by atoms with Gasteiger partial charge in [0.15, 0.2) is 0 Å². The van der Waals surface area contributed by atoms with Crippen molar-refractivity contribution < 1.29 is 9.53 Å². The zero-order valence-corrected chi connectivity index (χ0v) is 15.3. The van der Waals surface area contributed by atoms with E-state index in [-0.39, 0.29) is 11.6 Å². The zero-order chi connectivity index (χ0) is 18.5. The summed E-state index contributed by atoms with van der Waals surface area (Å²) in [7, 11) is 1.59. The van der Waals surface area contributed by atoms with Crippen LogP contribution >= 0.6 is 23.2 Å². The maximum atomic E-state index is 12.4. The Morgan fingerprint density at radius 2 is 1.81 bits per heavy atom. The molecule has 0 unspecified atom stereocenters. The molecule has 0 spiro atoms. The summed E-state index contributed by atoms with van der Waals surface area (Å²) in [4.78, 5) is 16.5. The predicted octanol–water partition coefficient (Wildman–Crippen LogP) is 5.39. The zero-order valence-electron chi connectivity index (χ0n) is 13.8. The molecule has 132 valence electrons. The van der Waals surface area contributed by atoms with Gasteiger partial charge >= 0.3 is 0 Å². The first kappa shape index (κ1) is 18.0. The lowest BCUT2D eigenvalue weighted by Crippen LogP contribution is -2.13. The molecule has 3 rings (SSSR count). The summed E-state index contributed by atoms with van der Waals surface area (Å²) in [5.74, 6) is 0.390. The standard InChI is InChI=1S/C19H15Cl2N3O2/c1-26-14-7-5-12(6-8-14)24-19(25)17-11-13(9-10-22-17)23-16-4-2-3-15(20)18(16)21/h2-11H,1H3,(H,22,23)(H,24,25). The van der Waals surface area contributed by atoms with Gasteiger partial charge in [-0.25, -0.2) is 0 Å². The number of carbonyl (C=O) groups excluding carboxylic acids is 1. The Morgan fingerprint density at radius 3 is 2.54 bits per heavy atom.